The first-order valence-corrected chi connectivity index (χ1v) is 11.4. The molecule has 0 aliphatic rings. The Kier molecular flexibility index (Phi) is 8.07. The molecule has 162 valence electrons. The highest BCUT2D eigenvalue weighted by Gasteiger charge is 2.15. The number of hydrogen-bond donors (Lipinski definition) is 1. The van der Waals surface area contributed by atoms with E-state index in [2.05, 4.69) is 15.5 Å². The molecule has 0 saturated heterocycles. The summed E-state index contributed by atoms with van der Waals surface area (Å²) in [5, 5.41) is 11.7. The first kappa shape index (κ1) is 22.8. The number of hydrogen-bond acceptors (Lipinski definition) is 7. The molecule has 0 saturated carbocycles. The molecule has 10 heteroatoms. The monoisotopic (exact) mass is 460 g/mol. The van der Waals surface area contributed by atoms with E-state index in [1.165, 1.54) is 31.0 Å². The number of ether oxygens (including phenoxy) is 1. The summed E-state index contributed by atoms with van der Waals surface area (Å²) >= 11 is 2.90. The summed E-state index contributed by atoms with van der Waals surface area (Å²) in [7, 11) is 3.14. The summed E-state index contributed by atoms with van der Waals surface area (Å²) in [5.41, 5.74) is 1.73. The second-order valence-corrected chi connectivity index (χ2v) is 8.38. The van der Waals surface area contributed by atoms with Gasteiger partial charge in [-0.25, -0.2) is 9.18 Å². The average Bonchev–Trinajstić information content (AvgIpc) is 3.13. The number of nitrogens with one attached hydrogen (secondary N) is 1. The zero-order valence-electron chi connectivity index (χ0n) is 17.0. The second-order valence-electron chi connectivity index (χ2n) is 6.45. The number of rotatable bonds is 9. The summed E-state index contributed by atoms with van der Waals surface area (Å²) < 4.78 is 19.6. The highest BCUT2D eigenvalue weighted by molar-refractivity contribution is 7.99. The smallest absolute Gasteiger partial charge is 0.339 e. The molecule has 1 aromatic heterocycles. The number of methoxy groups -OCH3 is 1. The van der Waals surface area contributed by atoms with Crippen LogP contribution in [0.5, 0.6) is 0 Å². The molecule has 31 heavy (non-hydrogen) atoms. The van der Waals surface area contributed by atoms with Crippen molar-refractivity contribution in [2.45, 2.75) is 16.7 Å². The van der Waals surface area contributed by atoms with E-state index in [1.807, 2.05) is 11.6 Å². The van der Waals surface area contributed by atoms with Crippen LogP contribution in [0.2, 0.25) is 0 Å². The Morgan fingerprint density at radius 1 is 1.10 bits per heavy atom. The number of thioether (sulfide) groups is 2. The van der Waals surface area contributed by atoms with Gasteiger partial charge in [-0.2, -0.15) is 0 Å². The van der Waals surface area contributed by atoms with Crippen LogP contribution in [0.1, 0.15) is 21.7 Å². The van der Waals surface area contributed by atoms with Gasteiger partial charge in [0.2, 0.25) is 5.91 Å². The van der Waals surface area contributed by atoms with Crippen molar-refractivity contribution in [2.75, 3.05) is 18.2 Å². The summed E-state index contributed by atoms with van der Waals surface area (Å²) in [4.78, 5) is 24.2. The van der Waals surface area contributed by atoms with Gasteiger partial charge in [-0.3, -0.25) is 4.79 Å². The van der Waals surface area contributed by atoms with Crippen molar-refractivity contribution in [1.29, 1.82) is 0 Å². The molecule has 2 aromatic carbocycles. The third kappa shape index (κ3) is 6.31. The van der Waals surface area contributed by atoms with Crippen LogP contribution in [0.3, 0.4) is 0 Å². The SMILES string of the molecule is COC(=O)c1ccccc1NC(=O)CSc1nnc(CSCc2ccc(F)cc2)n1C. The molecule has 0 fully saturated rings. The number of benzene rings is 2. The number of carbonyl (C=O) groups is 2. The second kappa shape index (κ2) is 11.0. The van der Waals surface area contributed by atoms with Gasteiger partial charge in [0, 0.05) is 12.8 Å². The fourth-order valence-electron chi connectivity index (χ4n) is 2.63. The summed E-state index contributed by atoms with van der Waals surface area (Å²) in [5.74, 6) is 1.24. The number of carbonyl (C=O) groups excluding carboxylic acids is 2. The van der Waals surface area contributed by atoms with Gasteiger partial charge in [-0.15, -0.1) is 22.0 Å². The van der Waals surface area contributed by atoms with E-state index >= 15 is 0 Å². The number of anilines is 1. The zero-order chi connectivity index (χ0) is 22.2. The lowest BCUT2D eigenvalue weighted by Crippen LogP contribution is -2.17. The minimum atomic E-state index is -0.514. The van der Waals surface area contributed by atoms with E-state index < -0.39 is 5.97 Å². The Balaban J connectivity index is 1.51. The number of para-hydroxylation sites is 1. The summed E-state index contributed by atoms with van der Waals surface area (Å²) in [6, 6.07) is 13.1. The first-order chi connectivity index (χ1) is 15.0. The summed E-state index contributed by atoms with van der Waals surface area (Å²) in [6.45, 7) is 0. The molecule has 0 aliphatic heterocycles. The van der Waals surface area contributed by atoms with Gasteiger partial charge in [0.15, 0.2) is 5.16 Å². The molecule has 0 unspecified atom stereocenters. The first-order valence-electron chi connectivity index (χ1n) is 9.28. The van der Waals surface area contributed by atoms with Crippen LogP contribution in [0.4, 0.5) is 10.1 Å². The Hall–Kier alpha value is -2.85. The number of esters is 1. The predicted molar refractivity (Wildman–Crippen MR) is 120 cm³/mol. The third-order valence-electron chi connectivity index (χ3n) is 4.28. The van der Waals surface area contributed by atoms with E-state index in [4.69, 9.17) is 4.74 Å². The fourth-order valence-corrected chi connectivity index (χ4v) is 4.33. The summed E-state index contributed by atoms with van der Waals surface area (Å²) in [6.07, 6.45) is 0. The molecule has 1 N–H and O–H groups in total. The van der Waals surface area contributed by atoms with Crippen LogP contribution >= 0.6 is 23.5 Å². The molecular weight excluding hydrogens is 439 g/mol. The molecule has 7 nitrogen and oxygen atoms in total. The molecule has 3 aromatic rings. The van der Waals surface area contributed by atoms with Crippen LogP contribution in [0, 0.1) is 5.82 Å². The highest BCUT2D eigenvalue weighted by Crippen LogP contribution is 2.22. The van der Waals surface area contributed by atoms with Crippen LogP contribution in [-0.4, -0.2) is 39.5 Å². The van der Waals surface area contributed by atoms with E-state index in [-0.39, 0.29) is 17.5 Å². The van der Waals surface area contributed by atoms with Crippen molar-refractivity contribution < 1.29 is 18.7 Å². The molecule has 1 heterocycles. The van der Waals surface area contributed by atoms with Crippen LogP contribution in [0.25, 0.3) is 0 Å². The molecule has 0 radical (unpaired) electrons. The minimum absolute atomic E-state index is 0.115. The maximum absolute atomic E-state index is 13.0. The number of amides is 1. The Labute approximate surface area is 187 Å². The number of aromatic nitrogens is 3. The van der Waals surface area contributed by atoms with Crippen LogP contribution in [-0.2, 0) is 28.1 Å². The topological polar surface area (TPSA) is 86.1 Å². The zero-order valence-corrected chi connectivity index (χ0v) is 18.6. The minimum Gasteiger partial charge on any atom is -0.465 e. The Bertz CT molecular complexity index is 1060. The van der Waals surface area contributed by atoms with Crippen molar-refractivity contribution in [1.82, 2.24) is 14.8 Å². The maximum atomic E-state index is 13.0. The standard InChI is InChI=1S/C21H21FN4O3S2/c1-26-18(12-30-11-14-7-9-15(22)10-8-14)24-25-21(26)31-13-19(27)23-17-6-4-3-5-16(17)20(28)29-2/h3-10H,11-13H2,1-2H3,(H,23,27). The molecule has 0 spiro atoms. The van der Waals surface area contributed by atoms with E-state index in [9.17, 15) is 14.0 Å². The van der Waals surface area contributed by atoms with E-state index in [0.717, 1.165) is 17.1 Å². The lowest BCUT2D eigenvalue weighted by molar-refractivity contribution is -0.113. The Morgan fingerprint density at radius 3 is 2.58 bits per heavy atom. The van der Waals surface area contributed by atoms with Crippen molar-refractivity contribution >= 4 is 41.1 Å². The largest absolute Gasteiger partial charge is 0.465 e. The van der Waals surface area contributed by atoms with Crippen molar-refractivity contribution in [3.05, 3.63) is 71.3 Å². The van der Waals surface area contributed by atoms with Gasteiger partial charge in [0.25, 0.3) is 0 Å². The van der Waals surface area contributed by atoms with E-state index in [1.54, 1.807) is 48.2 Å². The van der Waals surface area contributed by atoms with Crippen LogP contribution in [0.15, 0.2) is 53.7 Å². The lowest BCUT2D eigenvalue weighted by Gasteiger charge is -2.09. The van der Waals surface area contributed by atoms with Gasteiger partial charge in [-0.1, -0.05) is 36.0 Å². The van der Waals surface area contributed by atoms with Gasteiger partial charge in [-0.05, 0) is 29.8 Å². The van der Waals surface area contributed by atoms with E-state index in [0.29, 0.717) is 22.2 Å². The Morgan fingerprint density at radius 2 is 1.84 bits per heavy atom. The quantitative estimate of drug-likeness (QED) is 0.383. The van der Waals surface area contributed by atoms with Gasteiger partial charge >= 0.3 is 5.97 Å². The molecular formula is C21H21FN4O3S2. The highest BCUT2D eigenvalue weighted by atomic mass is 32.2. The average molecular weight is 461 g/mol. The maximum Gasteiger partial charge on any atom is 0.339 e. The lowest BCUT2D eigenvalue weighted by atomic mass is 10.2. The van der Waals surface area contributed by atoms with Crippen molar-refractivity contribution in [3.63, 3.8) is 0 Å². The molecule has 0 atom stereocenters. The number of nitrogens with zero attached hydrogens (tertiary/aromatic N) is 3. The van der Waals surface area contributed by atoms with Crippen molar-refractivity contribution in [3.8, 4) is 0 Å². The van der Waals surface area contributed by atoms with Gasteiger partial charge in [0.1, 0.15) is 11.6 Å². The molecule has 3 rings (SSSR count). The fraction of sp³-hybridized carbons (Fsp3) is 0.238. The van der Waals surface area contributed by atoms with Gasteiger partial charge < -0.3 is 14.6 Å². The normalized spacial score (nSPS) is 10.7. The van der Waals surface area contributed by atoms with Gasteiger partial charge in [0.05, 0.1) is 29.9 Å². The molecule has 1 amide bonds. The third-order valence-corrected chi connectivity index (χ3v) is 6.30. The van der Waals surface area contributed by atoms with Crippen molar-refractivity contribution in [2.24, 2.45) is 7.05 Å². The predicted octanol–water partition coefficient (Wildman–Crippen LogP) is 3.91. The molecule has 0 aliphatic carbocycles. The number of halogens is 1. The van der Waals surface area contributed by atoms with Crippen LogP contribution < -0.4 is 5.32 Å². The molecule has 0 bridgehead atoms.